The molecule has 0 aromatic rings. The monoisotopic (exact) mass is 174 g/mol. The van der Waals surface area contributed by atoms with Crippen molar-refractivity contribution in [2.75, 3.05) is 6.54 Å². The summed E-state index contributed by atoms with van der Waals surface area (Å²) in [4.78, 5) is 10.4. The highest BCUT2D eigenvalue weighted by Crippen LogP contribution is 2.14. The van der Waals surface area contributed by atoms with Crippen LogP contribution in [0.4, 0.5) is 0 Å². The van der Waals surface area contributed by atoms with Crippen LogP contribution in [0.2, 0.25) is 0 Å². The molecule has 0 saturated heterocycles. The lowest BCUT2D eigenvalue weighted by Gasteiger charge is -2.15. The van der Waals surface area contributed by atoms with Gasteiger partial charge in [-0.2, -0.15) is 0 Å². The number of carboxylic acid groups (broad SMARTS) is 1. The molecule has 0 aliphatic rings. The van der Waals surface area contributed by atoms with Gasteiger partial charge in [0.1, 0.15) is 0 Å². The summed E-state index contributed by atoms with van der Waals surface area (Å²) in [6.07, 6.45) is 1.10. The van der Waals surface area contributed by atoms with E-state index < -0.39 is 5.97 Å². The molecule has 4 N–H and O–H groups in total. The molecule has 0 aromatic carbocycles. The molecule has 1 atom stereocenters. The second-order valence-corrected chi connectivity index (χ2v) is 3.50. The fraction of sp³-hybridized carbons (Fsp3) is 0.875. The van der Waals surface area contributed by atoms with Gasteiger partial charge in [0.25, 0.3) is 0 Å². The van der Waals surface area contributed by atoms with Crippen LogP contribution < -0.4 is 11.3 Å². The first-order valence-electron chi connectivity index (χ1n) is 4.21. The van der Waals surface area contributed by atoms with Crippen molar-refractivity contribution in [1.82, 2.24) is 5.43 Å². The number of hydrogen-bond donors (Lipinski definition) is 3. The molecular weight excluding hydrogens is 156 g/mol. The van der Waals surface area contributed by atoms with E-state index in [4.69, 9.17) is 10.9 Å². The van der Waals surface area contributed by atoms with Crippen LogP contribution in [0.25, 0.3) is 0 Å². The van der Waals surface area contributed by atoms with E-state index in [1.54, 1.807) is 0 Å². The molecule has 0 heterocycles. The topological polar surface area (TPSA) is 75.3 Å². The summed E-state index contributed by atoms with van der Waals surface area (Å²) in [7, 11) is 0. The Bertz CT molecular complexity index is 137. The third kappa shape index (κ3) is 6.12. The minimum absolute atomic E-state index is 0.146. The summed E-state index contributed by atoms with van der Waals surface area (Å²) in [5.74, 6) is 5.05. The number of hydrogen-bond acceptors (Lipinski definition) is 3. The number of carboxylic acids is 1. The maximum absolute atomic E-state index is 10.4. The Kier molecular flexibility index (Phi) is 5.66. The van der Waals surface area contributed by atoms with Crippen molar-refractivity contribution in [3.8, 4) is 0 Å². The zero-order valence-electron chi connectivity index (χ0n) is 7.71. The van der Waals surface area contributed by atoms with Crippen LogP contribution in [0.1, 0.15) is 26.7 Å². The van der Waals surface area contributed by atoms with E-state index in [0.29, 0.717) is 12.5 Å². The highest BCUT2D eigenvalue weighted by molar-refractivity contribution is 5.67. The summed E-state index contributed by atoms with van der Waals surface area (Å²) in [5, 5.41) is 8.55. The predicted octanol–water partition coefficient (Wildman–Crippen LogP) is 0.587. The van der Waals surface area contributed by atoms with Gasteiger partial charge in [0, 0.05) is 13.0 Å². The normalized spacial score (nSPS) is 13.3. The van der Waals surface area contributed by atoms with Gasteiger partial charge in [0.15, 0.2) is 0 Å². The van der Waals surface area contributed by atoms with E-state index in [1.807, 2.05) is 0 Å². The SMILES string of the molecule is CC(C)CC(CNN)CC(=O)O. The van der Waals surface area contributed by atoms with Crippen LogP contribution in [0.5, 0.6) is 0 Å². The summed E-state index contributed by atoms with van der Waals surface area (Å²) < 4.78 is 0. The number of rotatable bonds is 6. The third-order valence-electron chi connectivity index (χ3n) is 1.67. The summed E-state index contributed by atoms with van der Waals surface area (Å²) in [5.41, 5.74) is 2.52. The molecule has 4 heteroatoms. The van der Waals surface area contributed by atoms with Crippen molar-refractivity contribution in [1.29, 1.82) is 0 Å². The fourth-order valence-corrected chi connectivity index (χ4v) is 1.32. The summed E-state index contributed by atoms with van der Waals surface area (Å²) in [6, 6.07) is 0. The fourth-order valence-electron chi connectivity index (χ4n) is 1.32. The lowest BCUT2D eigenvalue weighted by Crippen LogP contribution is -2.30. The van der Waals surface area contributed by atoms with Gasteiger partial charge >= 0.3 is 5.97 Å². The molecule has 0 radical (unpaired) electrons. The van der Waals surface area contributed by atoms with E-state index in [9.17, 15) is 4.79 Å². The number of hydrazine groups is 1. The Hall–Kier alpha value is -0.610. The van der Waals surface area contributed by atoms with E-state index in [0.717, 1.165) is 6.42 Å². The van der Waals surface area contributed by atoms with Gasteiger partial charge in [-0.1, -0.05) is 13.8 Å². The lowest BCUT2D eigenvalue weighted by molar-refractivity contribution is -0.138. The highest BCUT2D eigenvalue weighted by atomic mass is 16.4. The first kappa shape index (κ1) is 11.4. The van der Waals surface area contributed by atoms with Gasteiger partial charge in [0.05, 0.1) is 0 Å². The predicted molar refractivity (Wildman–Crippen MR) is 47.4 cm³/mol. The maximum Gasteiger partial charge on any atom is 0.303 e. The van der Waals surface area contributed by atoms with Gasteiger partial charge in [-0.05, 0) is 18.3 Å². The second-order valence-electron chi connectivity index (χ2n) is 3.50. The molecule has 0 spiro atoms. The van der Waals surface area contributed by atoms with Gasteiger partial charge in [-0.3, -0.25) is 16.1 Å². The average molecular weight is 174 g/mol. The Balaban J connectivity index is 3.77. The third-order valence-corrected chi connectivity index (χ3v) is 1.67. The highest BCUT2D eigenvalue weighted by Gasteiger charge is 2.13. The Morgan fingerprint density at radius 1 is 1.58 bits per heavy atom. The molecule has 0 aliphatic carbocycles. The van der Waals surface area contributed by atoms with E-state index in [-0.39, 0.29) is 12.3 Å². The second kappa shape index (κ2) is 5.97. The summed E-state index contributed by atoms with van der Waals surface area (Å²) >= 11 is 0. The van der Waals surface area contributed by atoms with Crippen LogP contribution >= 0.6 is 0 Å². The number of carbonyl (C=O) groups is 1. The van der Waals surface area contributed by atoms with Crippen molar-refractivity contribution < 1.29 is 9.90 Å². The Labute approximate surface area is 73.1 Å². The number of nitrogens with one attached hydrogen (secondary N) is 1. The molecule has 12 heavy (non-hydrogen) atoms. The van der Waals surface area contributed by atoms with Crippen LogP contribution in [0.3, 0.4) is 0 Å². The lowest BCUT2D eigenvalue weighted by atomic mass is 9.94. The molecule has 0 rings (SSSR count). The minimum Gasteiger partial charge on any atom is -0.481 e. The minimum atomic E-state index is -0.754. The van der Waals surface area contributed by atoms with Gasteiger partial charge in [-0.25, -0.2) is 0 Å². The van der Waals surface area contributed by atoms with Crippen LogP contribution in [-0.4, -0.2) is 17.6 Å². The smallest absolute Gasteiger partial charge is 0.303 e. The molecule has 72 valence electrons. The largest absolute Gasteiger partial charge is 0.481 e. The maximum atomic E-state index is 10.4. The quantitative estimate of drug-likeness (QED) is 0.407. The molecule has 0 bridgehead atoms. The molecule has 0 amide bonds. The molecule has 0 saturated carbocycles. The molecule has 1 unspecified atom stereocenters. The molecular formula is C8H18N2O2. The van der Waals surface area contributed by atoms with Gasteiger partial charge in [-0.15, -0.1) is 0 Å². The molecule has 0 aliphatic heterocycles. The van der Waals surface area contributed by atoms with Crippen molar-refractivity contribution >= 4 is 5.97 Å². The first-order valence-corrected chi connectivity index (χ1v) is 4.21. The van der Waals surface area contributed by atoms with Crippen molar-refractivity contribution in [3.05, 3.63) is 0 Å². The molecule has 4 nitrogen and oxygen atoms in total. The Morgan fingerprint density at radius 2 is 2.17 bits per heavy atom. The van der Waals surface area contributed by atoms with Crippen LogP contribution in [0.15, 0.2) is 0 Å². The van der Waals surface area contributed by atoms with E-state index in [1.165, 1.54) is 0 Å². The number of aliphatic carboxylic acids is 1. The van der Waals surface area contributed by atoms with Gasteiger partial charge in [0.2, 0.25) is 0 Å². The number of nitrogens with two attached hydrogens (primary N) is 1. The van der Waals surface area contributed by atoms with Crippen molar-refractivity contribution in [2.24, 2.45) is 17.7 Å². The first-order chi connectivity index (χ1) is 5.56. The zero-order valence-corrected chi connectivity index (χ0v) is 7.71. The summed E-state index contributed by atoms with van der Waals surface area (Å²) in [6.45, 7) is 4.72. The molecule has 0 aromatic heterocycles. The van der Waals surface area contributed by atoms with Crippen LogP contribution in [0, 0.1) is 11.8 Å². The van der Waals surface area contributed by atoms with Crippen molar-refractivity contribution in [3.63, 3.8) is 0 Å². The van der Waals surface area contributed by atoms with E-state index in [2.05, 4.69) is 19.3 Å². The standard InChI is InChI=1S/C8H18N2O2/c1-6(2)3-7(5-10-9)4-8(11)12/h6-7,10H,3-5,9H2,1-2H3,(H,11,12). The van der Waals surface area contributed by atoms with Gasteiger partial charge < -0.3 is 5.11 Å². The van der Waals surface area contributed by atoms with E-state index >= 15 is 0 Å². The van der Waals surface area contributed by atoms with Crippen LogP contribution in [-0.2, 0) is 4.79 Å². The average Bonchev–Trinajstić information content (AvgIpc) is 1.84. The molecule has 0 fully saturated rings. The Morgan fingerprint density at radius 3 is 2.50 bits per heavy atom. The van der Waals surface area contributed by atoms with Crippen molar-refractivity contribution in [2.45, 2.75) is 26.7 Å². The zero-order chi connectivity index (χ0) is 9.56.